The van der Waals surface area contributed by atoms with Gasteiger partial charge in [-0.05, 0) is 31.0 Å². The van der Waals surface area contributed by atoms with Crippen molar-refractivity contribution in [1.82, 2.24) is 20.0 Å². The van der Waals surface area contributed by atoms with E-state index in [1.165, 1.54) is 5.56 Å². The lowest BCUT2D eigenvalue weighted by molar-refractivity contribution is -0.139. The number of hydrogen-bond donors (Lipinski definition) is 0. The van der Waals surface area contributed by atoms with E-state index in [1.807, 2.05) is 43.3 Å². The number of aromatic nitrogens is 3. The molecule has 1 fully saturated rings. The lowest BCUT2D eigenvalue weighted by Crippen LogP contribution is -2.46. The highest BCUT2D eigenvalue weighted by atomic mass is 16.5. The number of likely N-dealkylation sites (tertiary alicyclic amines) is 1. The second kappa shape index (κ2) is 6.47. The first kappa shape index (κ1) is 15.5. The van der Waals surface area contributed by atoms with Gasteiger partial charge in [0.1, 0.15) is 6.04 Å². The summed E-state index contributed by atoms with van der Waals surface area (Å²) in [6, 6.07) is 11.6. The van der Waals surface area contributed by atoms with Gasteiger partial charge >= 0.3 is 0 Å². The number of aryl methyl sites for hydroxylation is 1. The van der Waals surface area contributed by atoms with E-state index in [0.717, 1.165) is 24.1 Å². The van der Waals surface area contributed by atoms with Crippen LogP contribution >= 0.6 is 0 Å². The smallest absolute Gasteiger partial charge is 0.249 e. The summed E-state index contributed by atoms with van der Waals surface area (Å²) < 4.78 is 5.39. The molecule has 0 bridgehead atoms. The number of benzene rings is 1. The van der Waals surface area contributed by atoms with Crippen LogP contribution in [0.3, 0.4) is 0 Å². The summed E-state index contributed by atoms with van der Waals surface area (Å²) >= 11 is 0. The fourth-order valence-electron chi connectivity index (χ4n) is 2.91. The molecule has 0 aliphatic carbocycles. The number of carbonyl (C=O) groups is 1. The van der Waals surface area contributed by atoms with Gasteiger partial charge in [0, 0.05) is 24.5 Å². The summed E-state index contributed by atoms with van der Waals surface area (Å²) in [6.45, 7) is 2.76. The summed E-state index contributed by atoms with van der Waals surface area (Å²) in [5.41, 5.74) is 3.00. The van der Waals surface area contributed by atoms with Crippen molar-refractivity contribution in [2.45, 2.75) is 25.8 Å². The van der Waals surface area contributed by atoms with Crippen molar-refractivity contribution in [3.8, 4) is 11.4 Å². The van der Waals surface area contributed by atoms with Crippen molar-refractivity contribution in [3.63, 3.8) is 0 Å². The molecule has 1 atom stereocenters. The normalized spacial score (nSPS) is 16.5. The molecule has 1 aromatic carbocycles. The molecule has 4 rings (SSSR count). The number of rotatable bonds is 4. The molecular formula is C19H18N4O2. The number of amides is 1. The Bertz CT molecular complexity index is 874. The molecule has 0 spiro atoms. The lowest BCUT2D eigenvalue weighted by atomic mass is 10.0. The molecule has 6 nitrogen and oxygen atoms in total. The molecule has 126 valence electrons. The van der Waals surface area contributed by atoms with Gasteiger partial charge in [-0.15, -0.1) is 0 Å². The predicted molar refractivity (Wildman–Crippen MR) is 91.5 cm³/mol. The van der Waals surface area contributed by atoms with Crippen LogP contribution in [0.1, 0.15) is 29.5 Å². The quantitative estimate of drug-likeness (QED) is 0.733. The van der Waals surface area contributed by atoms with Crippen LogP contribution in [0, 0.1) is 6.92 Å². The Morgan fingerprint density at radius 1 is 1.28 bits per heavy atom. The Kier molecular flexibility index (Phi) is 4.01. The van der Waals surface area contributed by atoms with Gasteiger partial charge in [0.15, 0.2) is 0 Å². The van der Waals surface area contributed by atoms with Crippen molar-refractivity contribution < 1.29 is 9.32 Å². The molecular weight excluding hydrogens is 316 g/mol. The van der Waals surface area contributed by atoms with Gasteiger partial charge in [-0.1, -0.05) is 35.0 Å². The Labute approximate surface area is 145 Å². The van der Waals surface area contributed by atoms with Gasteiger partial charge in [-0.2, -0.15) is 4.98 Å². The maximum Gasteiger partial charge on any atom is 0.249 e. The fourth-order valence-corrected chi connectivity index (χ4v) is 2.91. The van der Waals surface area contributed by atoms with E-state index in [2.05, 4.69) is 15.1 Å². The van der Waals surface area contributed by atoms with Crippen LogP contribution in [0.5, 0.6) is 0 Å². The average Bonchev–Trinajstić information content (AvgIpc) is 3.06. The van der Waals surface area contributed by atoms with Crippen molar-refractivity contribution >= 4 is 5.91 Å². The fraction of sp³-hybridized carbons (Fsp3) is 0.263. The van der Waals surface area contributed by atoms with E-state index in [4.69, 9.17) is 4.52 Å². The highest BCUT2D eigenvalue weighted by Gasteiger charge is 2.37. The molecule has 25 heavy (non-hydrogen) atoms. The van der Waals surface area contributed by atoms with Crippen LogP contribution in [-0.4, -0.2) is 32.5 Å². The molecule has 6 heteroatoms. The highest BCUT2D eigenvalue weighted by molar-refractivity contribution is 5.80. The summed E-state index contributed by atoms with van der Waals surface area (Å²) in [5.74, 6) is 1.07. The van der Waals surface area contributed by atoms with E-state index in [-0.39, 0.29) is 11.9 Å². The van der Waals surface area contributed by atoms with Crippen molar-refractivity contribution in [2.75, 3.05) is 6.54 Å². The van der Waals surface area contributed by atoms with Crippen molar-refractivity contribution in [1.29, 1.82) is 0 Å². The Balaban J connectivity index is 1.46. The largest absolute Gasteiger partial charge is 0.337 e. The van der Waals surface area contributed by atoms with E-state index in [9.17, 15) is 4.79 Å². The number of hydrogen-bond acceptors (Lipinski definition) is 5. The van der Waals surface area contributed by atoms with E-state index in [0.29, 0.717) is 18.1 Å². The van der Waals surface area contributed by atoms with E-state index in [1.54, 1.807) is 17.3 Å². The molecule has 0 radical (unpaired) electrons. The minimum Gasteiger partial charge on any atom is -0.337 e. The third kappa shape index (κ3) is 3.15. The first-order valence-electron chi connectivity index (χ1n) is 8.30. The highest BCUT2D eigenvalue weighted by Crippen LogP contribution is 2.33. The molecule has 2 aromatic heterocycles. The van der Waals surface area contributed by atoms with Gasteiger partial charge in [0.05, 0.1) is 6.42 Å². The summed E-state index contributed by atoms with van der Waals surface area (Å²) in [7, 11) is 0. The minimum atomic E-state index is -0.129. The van der Waals surface area contributed by atoms with Crippen molar-refractivity contribution in [2.24, 2.45) is 0 Å². The van der Waals surface area contributed by atoms with Crippen LogP contribution in [-0.2, 0) is 11.2 Å². The van der Waals surface area contributed by atoms with Gasteiger partial charge in [0.2, 0.25) is 17.6 Å². The number of pyridine rings is 1. The van der Waals surface area contributed by atoms with Gasteiger partial charge in [-0.25, -0.2) is 0 Å². The molecule has 1 aliphatic heterocycles. The first-order valence-corrected chi connectivity index (χ1v) is 8.30. The van der Waals surface area contributed by atoms with Gasteiger partial charge in [0.25, 0.3) is 0 Å². The summed E-state index contributed by atoms with van der Waals surface area (Å²) in [5, 5.41) is 4.01. The zero-order chi connectivity index (χ0) is 17.2. The molecule has 0 N–H and O–H groups in total. The molecule has 1 amide bonds. The summed E-state index contributed by atoms with van der Waals surface area (Å²) in [6.07, 6.45) is 4.62. The van der Waals surface area contributed by atoms with Crippen LogP contribution in [0.4, 0.5) is 0 Å². The maximum atomic E-state index is 12.6. The Hall–Kier alpha value is -3.02. The van der Waals surface area contributed by atoms with Gasteiger partial charge in [-0.3, -0.25) is 9.78 Å². The number of nitrogens with zero attached hydrogens (tertiary/aromatic N) is 4. The second-order valence-corrected chi connectivity index (χ2v) is 6.25. The zero-order valence-corrected chi connectivity index (χ0v) is 13.9. The molecule has 3 aromatic rings. The molecule has 0 saturated carbocycles. The predicted octanol–water partition coefficient (Wildman–Crippen LogP) is 2.96. The number of carbonyl (C=O) groups excluding carboxylic acids is 1. The third-order valence-corrected chi connectivity index (χ3v) is 4.46. The molecule has 1 saturated heterocycles. The SMILES string of the molecule is Cc1ccc(CC(=O)N2CCC2c2nc(-c3cccnc3)no2)cc1. The summed E-state index contributed by atoms with van der Waals surface area (Å²) in [4.78, 5) is 22.9. The van der Waals surface area contributed by atoms with E-state index < -0.39 is 0 Å². The molecule has 1 aliphatic rings. The Morgan fingerprint density at radius 2 is 2.12 bits per heavy atom. The monoisotopic (exact) mass is 334 g/mol. The van der Waals surface area contributed by atoms with Crippen molar-refractivity contribution in [3.05, 3.63) is 65.8 Å². The topological polar surface area (TPSA) is 72.1 Å². The van der Waals surface area contributed by atoms with Gasteiger partial charge < -0.3 is 9.42 Å². The van der Waals surface area contributed by atoms with Crippen LogP contribution in [0.25, 0.3) is 11.4 Å². The maximum absolute atomic E-state index is 12.6. The third-order valence-electron chi connectivity index (χ3n) is 4.46. The van der Waals surface area contributed by atoms with Crippen LogP contribution in [0.2, 0.25) is 0 Å². The lowest BCUT2D eigenvalue weighted by Gasteiger charge is -2.38. The zero-order valence-electron chi connectivity index (χ0n) is 13.9. The standard InChI is InChI=1S/C19H18N4O2/c1-13-4-6-14(7-5-13)11-17(24)23-10-8-16(23)19-21-18(22-25-19)15-3-2-9-20-12-15/h2-7,9,12,16H,8,10-11H2,1H3. The second-order valence-electron chi connectivity index (χ2n) is 6.25. The van der Waals surface area contributed by atoms with Crippen LogP contribution in [0.15, 0.2) is 53.3 Å². The Morgan fingerprint density at radius 3 is 2.80 bits per heavy atom. The van der Waals surface area contributed by atoms with E-state index >= 15 is 0 Å². The molecule has 1 unspecified atom stereocenters. The minimum absolute atomic E-state index is 0.0845. The average molecular weight is 334 g/mol. The molecule has 3 heterocycles. The van der Waals surface area contributed by atoms with Crippen LogP contribution < -0.4 is 0 Å². The first-order chi connectivity index (χ1) is 12.2.